The van der Waals surface area contributed by atoms with E-state index in [-0.39, 0.29) is 24.7 Å². The summed E-state index contributed by atoms with van der Waals surface area (Å²) in [6, 6.07) is 11.0. The van der Waals surface area contributed by atoms with Crippen LogP contribution in [-0.2, 0) is 9.59 Å². The number of carbonyl (C=O) groups is 2. The van der Waals surface area contributed by atoms with Gasteiger partial charge >= 0.3 is 0 Å². The molecule has 0 saturated heterocycles. The lowest BCUT2D eigenvalue weighted by Crippen LogP contribution is -2.20. The van der Waals surface area contributed by atoms with Gasteiger partial charge in [-0.1, -0.05) is 18.2 Å². The van der Waals surface area contributed by atoms with E-state index < -0.39 is 0 Å². The lowest BCUT2D eigenvalue weighted by Gasteiger charge is -2.07. The topological polar surface area (TPSA) is 83.5 Å². The highest BCUT2D eigenvalue weighted by Crippen LogP contribution is 2.13. The van der Waals surface area contributed by atoms with Crippen LogP contribution >= 0.6 is 0 Å². The Morgan fingerprint density at radius 3 is 2.52 bits per heavy atom. The summed E-state index contributed by atoms with van der Waals surface area (Å²) in [5.74, 6) is -0.511. The third-order valence-electron chi connectivity index (χ3n) is 3.11. The highest BCUT2D eigenvalue weighted by atomic mass is 16.2. The lowest BCUT2D eigenvalue weighted by atomic mass is 10.2. The number of aryl methyl sites for hydroxylation is 1. The van der Waals surface area contributed by atoms with Crippen LogP contribution in [0.2, 0.25) is 0 Å². The molecule has 0 aliphatic rings. The number of hydrazone groups is 1. The molecule has 6 heteroatoms. The molecule has 2 rings (SSSR count). The first kappa shape index (κ1) is 16.4. The van der Waals surface area contributed by atoms with Crippen LogP contribution in [0.4, 0.5) is 5.69 Å². The maximum Gasteiger partial charge on any atom is 0.240 e. The van der Waals surface area contributed by atoms with Crippen LogP contribution in [0.1, 0.15) is 24.0 Å². The Kier molecular flexibility index (Phi) is 5.99. The maximum atomic E-state index is 11.8. The summed E-state index contributed by atoms with van der Waals surface area (Å²) in [6.45, 7) is 1.91. The van der Waals surface area contributed by atoms with Crippen LogP contribution in [-0.4, -0.2) is 23.0 Å². The van der Waals surface area contributed by atoms with E-state index in [1.165, 1.54) is 6.21 Å². The van der Waals surface area contributed by atoms with Gasteiger partial charge in [0.05, 0.1) is 6.21 Å². The van der Waals surface area contributed by atoms with E-state index in [1.54, 1.807) is 24.5 Å². The van der Waals surface area contributed by atoms with E-state index in [9.17, 15) is 9.59 Å². The number of hydrogen-bond acceptors (Lipinski definition) is 4. The summed E-state index contributed by atoms with van der Waals surface area (Å²) < 4.78 is 0. The molecular formula is C17H18N4O2. The molecule has 0 aliphatic heterocycles. The third kappa shape index (κ3) is 5.70. The summed E-state index contributed by atoms with van der Waals surface area (Å²) in [6.07, 6.45) is 4.97. The first-order valence-corrected chi connectivity index (χ1v) is 7.22. The van der Waals surface area contributed by atoms with E-state index >= 15 is 0 Å². The highest BCUT2D eigenvalue weighted by Gasteiger charge is 2.07. The van der Waals surface area contributed by atoms with Crippen molar-refractivity contribution in [2.75, 3.05) is 5.32 Å². The minimum Gasteiger partial charge on any atom is -0.326 e. The fraction of sp³-hybridized carbons (Fsp3) is 0.176. The number of pyridine rings is 1. The van der Waals surface area contributed by atoms with Crippen molar-refractivity contribution in [3.63, 3.8) is 0 Å². The first-order chi connectivity index (χ1) is 11.1. The normalized spacial score (nSPS) is 10.5. The number of benzene rings is 1. The Morgan fingerprint density at radius 2 is 1.78 bits per heavy atom. The molecule has 0 atom stereocenters. The van der Waals surface area contributed by atoms with Gasteiger partial charge in [-0.3, -0.25) is 14.6 Å². The summed E-state index contributed by atoms with van der Waals surface area (Å²) in [4.78, 5) is 27.4. The van der Waals surface area contributed by atoms with Gasteiger partial charge in [0.25, 0.3) is 0 Å². The zero-order chi connectivity index (χ0) is 16.5. The zero-order valence-electron chi connectivity index (χ0n) is 12.8. The summed E-state index contributed by atoms with van der Waals surface area (Å²) in [7, 11) is 0. The number of amides is 2. The van der Waals surface area contributed by atoms with Gasteiger partial charge in [-0.2, -0.15) is 5.10 Å². The predicted molar refractivity (Wildman–Crippen MR) is 89.0 cm³/mol. The van der Waals surface area contributed by atoms with Crippen molar-refractivity contribution in [3.8, 4) is 0 Å². The first-order valence-electron chi connectivity index (χ1n) is 7.22. The Morgan fingerprint density at radius 1 is 1.09 bits per heavy atom. The molecule has 2 aromatic rings. The molecule has 0 spiro atoms. The van der Waals surface area contributed by atoms with Crippen LogP contribution in [0.15, 0.2) is 53.9 Å². The average molecular weight is 310 g/mol. The van der Waals surface area contributed by atoms with Gasteiger partial charge < -0.3 is 5.32 Å². The van der Waals surface area contributed by atoms with Gasteiger partial charge in [0.15, 0.2) is 0 Å². The van der Waals surface area contributed by atoms with Crippen LogP contribution in [0.25, 0.3) is 0 Å². The van der Waals surface area contributed by atoms with Gasteiger partial charge in [0, 0.05) is 30.9 Å². The Balaban J connectivity index is 1.73. The monoisotopic (exact) mass is 310 g/mol. The van der Waals surface area contributed by atoms with Crippen molar-refractivity contribution >= 4 is 23.7 Å². The highest BCUT2D eigenvalue weighted by molar-refractivity contribution is 5.93. The maximum absolute atomic E-state index is 11.8. The summed E-state index contributed by atoms with van der Waals surface area (Å²) >= 11 is 0. The molecule has 23 heavy (non-hydrogen) atoms. The number of aromatic nitrogens is 1. The lowest BCUT2D eigenvalue weighted by molar-refractivity contribution is -0.124. The smallest absolute Gasteiger partial charge is 0.240 e. The summed E-state index contributed by atoms with van der Waals surface area (Å²) in [5.41, 5.74) is 4.96. The van der Waals surface area contributed by atoms with Crippen molar-refractivity contribution in [3.05, 3.63) is 59.9 Å². The second-order valence-corrected chi connectivity index (χ2v) is 4.94. The number of rotatable bonds is 6. The number of carbonyl (C=O) groups excluding carboxylic acids is 2. The molecule has 1 aromatic carbocycles. The quantitative estimate of drug-likeness (QED) is 0.634. The third-order valence-corrected chi connectivity index (χ3v) is 3.11. The van der Waals surface area contributed by atoms with Gasteiger partial charge in [0.1, 0.15) is 0 Å². The Labute approximate surface area is 134 Å². The molecule has 0 radical (unpaired) electrons. The number of para-hydroxylation sites is 1. The van der Waals surface area contributed by atoms with Gasteiger partial charge in [0.2, 0.25) is 11.8 Å². The molecule has 2 amide bonds. The van der Waals surface area contributed by atoms with E-state index in [0.29, 0.717) is 0 Å². The zero-order valence-corrected chi connectivity index (χ0v) is 12.8. The van der Waals surface area contributed by atoms with E-state index in [1.807, 2.05) is 31.2 Å². The molecule has 6 nitrogen and oxygen atoms in total. The van der Waals surface area contributed by atoms with E-state index in [0.717, 1.165) is 16.8 Å². The van der Waals surface area contributed by atoms with Crippen LogP contribution in [0.3, 0.4) is 0 Å². The van der Waals surface area contributed by atoms with Crippen molar-refractivity contribution in [1.29, 1.82) is 0 Å². The van der Waals surface area contributed by atoms with Crippen molar-refractivity contribution in [1.82, 2.24) is 10.4 Å². The largest absolute Gasteiger partial charge is 0.326 e. The molecule has 1 heterocycles. The Bertz CT molecular complexity index is 699. The van der Waals surface area contributed by atoms with Gasteiger partial charge in [-0.15, -0.1) is 0 Å². The van der Waals surface area contributed by atoms with E-state index in [2.05, 4.69) is 20.8 Å². The van der Waals surface area contributed by atoms with Crippen LogP contribution in [0, 0.1) is 6.92 Å². The summed E-state index contributed by atoms with van der Waals surface area (Å²) in [5, 5.41) is 6.62. The predicted octanol–water partition coefficient (Wildman–Crippen LogP) is 2.26. The molecule has 0 saturated carbocycles. The number of nitrogens with zero attached hydrogens (tertiary/aromatic N) is 2. The van der Waals surface area contributed by atoms with Crippen molar-refractivity contribution in [2.45, 2.75) is 19.8 Å². The number of hydrogen-bond donors (Lipinski definition) is 2. The number of nitrogens with one attached hydrogen (secondary N) is 2. The standard InChI is InChI=1S/C17H18N4O2/c1-13-4-2-3-5-15(13)20-16(22)6-7-17(23)21-19-12-14-8-10-18-11-9-14/h2-5,8-12H,6-7H2,1H3,(H,20,22)(H,21,23). The average Bonchev–Trinajstić information content (AvgIpc) is 2.56. The van der Waals surface area contributed by atoms with Gasteiger partial charge in [-0.05, 0) is 36.2 Å². The minimum atomic E-state index is -0.310. The fourth-order valence-corrected chi connectivity index (χ4v) is 1.84. The van der Waals surface area contributed by atoms with E-state index in [4.69, 9.17) is 0 Å². The molecule has 1 aromatic heterocycles. The SMILES string of the molecule is Cc1ccccc1NC(=O)CCC(=O)NN=Cc1ccncc1. The second-order valence-electron chi connectivity index (χ2n) is 4.94. The van der Waals surface area contributed by atoms with Crippen LogP contribution < -0.4 is 10.7 Å². The molecule has 0 fully saturated rings. The molecular weight excluding hydrogens is 292 g/mol. The van der Waals surface area contributed by atoms with Crippen LogP contribution in [0.5, 0.6) is 0 Å². The van der Waals surface area contributed by atoms with Gasteiger partial charge in [-0.25, -0.2) is 5.43 Å². The number of anilines is 1. The Hall–Kier alpha value is -3.02. The van der Waals surface area contributed by atoms with Crippen molar-refractivity contribution < 1.29 is 9.59 Å². The molecule has 0 unspecified atom stereocenters. The molecule has 2 N–H and O–H groups in total. The molecule has 0 bridgehead atoms. The van der Waals surface area contributed by atoms with Crippen molar-refractivity contribution in [2.24, 2.45) is 5.10 Å². The fourth-order valence-electron chi connectivity index (χ4n) is 1.84. The molecule has 118 valence electrons. The second kappa shape index (κ2) is 8.43. The molecule has 0 aliphatic carbocycles. The minimum absolute atomic E-state index is 0.0748.